The Kier molecular flexibility index (Phi) is 8.28. The first-order valence-corrected chi connectivity index (χ1v) is 13.4. The maximum atomic E-state index is 13.1. The molecule has 210 valence electrons. The summed E-state index contributed by atoms with van der Waals surface area (Å²) in [6.45, 7) is 9.65. The van der Waals surface area contributed by atoms with Crippen LogP contribution in [0.15, 0.2) is 18.6 Å². The molecule has 0 bridgehead atoms. The van der Waals surface area contributed by atoms with Gasteiger partial charge in [0.2, 0.25) is 5.91 Å². The van der Waals surface area contributed by atoms with Crippen molar-refractivity contribution in [2.45, 2.75) is 71.1 Å². The highest BCUT2D eigenvalue weighted by Gasteiger charge is 2.33. The van der Waals surface area contributed by atoms with E-state index < -0.39 is 11.7 Å². The number of rotatable bonds is 4. The maximum absolute atomic E-state index is 13.1. The summed E-state index contributed by atoms with van der Waals surface area (Å²) in [7, 11) is 1.93. The fourth-order valence-electron chi connectivity index (χ4n) is 5.16. The van der Waals surface area contributed by atoms with Crippen LogP contribution in [0.5, 0.6) is 0 Å². The van der Waals surface area contributed by atoms with Crippen molar-refractivity contribution in [2.75, 3.05) is 38.1 Å². The molecule has 4 rings (SSSR count). The van der Waals surface area contributed by atoms with E-state index >= 15 is 0 Å². The first-order chi connectivity index (χ1) is 18.5. The monoisotopic (exact) mass is 539 g/mol. The van der Waals surface area contributed by atoms with E-state index in [-0.39, 0.29) is 30.6 Å². The molecule has 12 nitrogen and oxygen atoms in total. The molecule has 2 fully saturated rings. The lowest BCUT2D eigenvalue weighted by atomic mass is 9.92. The van der Waals surface area contributed by atoms with Crippen LogP contribution in [0, 0.1) is 17.2 Å². The lowest BCUT2D eigenvalue weighted by Crippen LogP contribution is -2.52. The molecule has 0 saturated carbocycles. The number of anilines is 1. The van der Waals surface area contributed by atoms with Crippen molar-refractivity contribution in [2.24, 2.45) is 5.92 Å². The van der Waals surface area contributed by atoms with Crippen molar-refractivity contribution in [1.82, 2.24) is 24.3 Å². The van der Waals surface area contributed by atoms with Gasteiger partial charge in [0.25, 0.3) is 0 Å². The molecule has 2 atom stereocenters. The van der Waals surface area contributed by atoms with E-state index in [1.54, 1.807) is 22.1 Å². The molecule has 0 N–H and O–H groups in total. The average molecular weight is 540 g/mol. The molecule has 0 unspecified atom stereocenters. The molecule has 2 aliphatic rings. The molecule has 0 aliphatic carbocycles. The number of nitrogens with zero attached hydrogens (tertiary/aromatic N) is 7. The Balaban J connectivity index is 1.43. The van der Waals surface area contributed by atoms with E-state index in [0.29, 0.717) is 61.8 Å². The Bertz CT molecular complexity index is 1260. The quantitative estimate of drug-likeness (QED) is 0.573. The predicted molar refractivity (Wildman–Crippen MR) is 143 cm³/mol. The molecule has 0 aromatic carbocycles. The zero-order valence-corrected chi connectivity index (χ0v) is 23.3. The second-order valence-corrected chi connectivity index (χ2v) is 11.3. The van der Waals surface area contributed by atoms with E-state index in [1.807, 2.05) is 38.8 Å². The summed E-state index contributed by atoms with van der Waals surface area (Å²) in [6, 6.07) is 3.72. The number of piperidine rings is 2. The van der Waals surface area contributed by atoms with E-state index in [2.05, 4.69) is 16.9 Å². The highest BCUT2D eigenvalue weighted by atomic mass is 16.6. The zero-order chi connectivity index (χ0) is 28.3. The number of hydrogen-bond acceptors (Lipinski definition) is 9. The smallest absolute Gasteiger partial charge is 0.419 e. The summed E-state index contributed by atoms with van der Waals surface area (Å²) in [4.78, 5) is 52.0. The molecule has 4 heterocycles. The van der Waals surface area contributed by atoms with Crippen LogP contribution in [0.3, 0.4) is 0 Å². The van der Waals surface area contributed by atoms with Crippen molar-refractivity contribution in [3.05, 3.63) is 18.6 Å². The standard InChI is InChI=1S/C27H37N7O5/c1-18-7-12-33(22(35)6-11-28)16-21(18)31(5)23-20-10-15-34(24(20)30-17-29-23)26(37)38-19-8-13-32(14-9-19)25(36)39-27(2,3)4/h10,15,17-19,21H,6-9,12-14,16H2,1-5H3/t18-,21+/m1/s1. The summed E-state index contributed by atoms with van der Waals surface area (Å²) in [5.41, 5.74) is -0.127. The van der Waals surface area contributed by atoms with Crippen LogP contribution in [0.1, 0.15) is 53.4 Å². The number of aromatic nitrogens is 3. The topological polar surface area (TPSA) is 134 Å². The molecule has 12 heteroatoms. The summed E-state index contributed by atoms with van der Waals surface area (Å²) in [5, 5.41) is 9.62. The van der Waals surface area contributed by atoms with Gasteiger partial charge in [-0.25, -0.2) is 24.1 Å². The zero-order valence-electron chi connectivity index (χ0n) is 23.3. The Morgan fingerprint density at radius 1 is 1.10 bits per heavy atom. The number of nitriles is 1. The van der Waals surface area contributed by atoms with E-state index in [4.69, 9.17) is 14.7 Å². The number of amides is 2. The van der Waals surface area contributed by atoms with Gasteiger partial charge in [0.15, 0.2) is 5.65 Å². The summed E-state index contributed by atoms with van der Waals surface area (Å²) >= 11 is 0. The molecule has 2 aromatic rings. The van der Waals surface area contributed by atoms with Gasteiger partial charge in [-0.1, -0.05) is 6.92 Å². The highest BCUT2D eigenvalue weighted by Crippen LogP contribution is 2.30. The minimum absolute atomic E-state index is 0.00930. The number of ether oxygens (including phenoxy) is 2. The molecule has 39 heavy (non-hydrogen) atoms. The van der Waals surface area contributed by atoms with E-state index in [1.165, 1.54) is 10.9 Å². The van der Waals surface area contributed by atoms with Crippen LogP contribution in [-0.4, -0.2) is 93.4 Å². The molecule has 2 saturated heterocycles. The fraction of sp³-hybridized carbons (Fsp3) is 0.630. The van der Waals surface area contributed by atoms with Gasteiger partial charge in [-0.2, -0.15) is 5.26 Å². The van der Waals surface area contributed by atoms with Crippen LogP contribution < -0.4 is 4.90 Å². The van der Waals surface area contributed by atoms with E-state index in [0.717, 1.165) is 6.42 Å². The third-order valence-corrected chi connectivity index (χ3v) is 7.35. The third kappa shape index (κ3) is 6.41. The largest absolute Gasteiger partial charge is 0.445 e. The highest BCUT2D eigenvalue weighted by molar-refractivity contribution is 5.93. The summed E-state index contributed by atoms with van der Waals surface area (Å²) in [6.07, 6.45) is 3.56. The first kappa shape index (κ1) is 28.1. The van der Waals surface area contributed by atoms with Crippen LogP contribution in [0.4, 0.5) is 15.4 Å². The van der Waals surface area contributed by atoms with Gasteiger partial charge in [-0.05, 0) is 39.2 Å². The Hall–Kier alpha value is -3.88. The van der Waals surface area contributed by atoms with Crippen LogP contribution >= 0.6 is 0 Å². The number of likely N-dealkylation sites (N-methyl/N-ethyl adjacent to an activating group) is 1. The Morgan fingerprint density at radius 3 is 2.46 bits per heavy atom. The number of fused-ring (bicyclic) bond motifs is 1. The van der Waals surface area contributed by atoms with Gasteiger partial charge in [0.05, 0.1) is 17.5 Å². The lowest BCUT2D eigenvalue weighted by molar-refractivity contribution is -0.131. The van der Waals surface area contributed by atoms with Crippen molar-refractivity contribution in [3.63, 3.8) is 0 Å². The maximum Gasteiger partial charge on any atom is 0.419 e. The molecule has 2 aromatic heterocycles. The molecule has 2 aliphatic heterocycles. The van der Waals surface area contributed by atoms with Gasteiger partial charge in [0.1, 0.15) is 30.3 Å². The van der Waals surface area contributed by atoms with E-state index in [9.17, 15) is 14.4 Å². The second kappa shape index (κ2) is 11.5. The van der Waals surface area contributed by atoms with Gasteiger partial charge in [-0.3, -0.25) is 4.79 Å². The fourth-order valence-corrected chi connectivity index (χ4v) is 5.16. The predicted octanol–water partition coefficient (Wildman–Crippen LogP) is 3.40. The Morgan fingerprint density at radius 2 is 1.79 bits per heavy atom. The Labute approximate surface area is 228 Å². The van der Waals surface area contributed by atoms with Gasteiger partial charge >= 0.3 is 12.2 Å². The van der Waals surface area contributed by atoms with Gasteiger partial charge in [-0.15, -0.1) is 0 Å². The SMILES string of the molecule is C[C@@H]1CCN(C(=O)CC#N)C[C@@H]1N(C)c1ncnc2c1ccn2C(=O)OC1CCN(C(=O)OC(C)(C)C)CC1. The van der Waals surface area contributed by atoms with Crippen LogP contribution in [-0.2, 0) is 14.3 Å². The minimum Gasteiger partial charge on any atom is -0.445 e. The lowest BCUT2D eigenvalue weighted by Gasteiger charge is -2.42. The molecule has 2 amide bonds. The third-order valence-electron chi connectivity index (χ3n) is 7.35. The summed E-state index contributed by atoms with van der Waals surface area (Å²) in [5.74, 6) is 0.787. The molecule has 0 spiro atoms. The van der Waals surface area contributed by atoms with Gasteiger partial charge < -0.3 is 24.2 Å². The molecule has 0 radical (unpaired) electrons. The average Bonchev–Trinajstić information content (AvgIpc) is 3.33. The van der Waals surface area contributed by atoms with Crippen molar-refractivity contribution in [1.29, 1.82) is 5.26 Å². The number of carbonyl (C=O) groups is 3. The van der Waals surface area contributed by atoms with Crippen LogP contribution in [0.2, 0.25) is 0 Å². The summed E-state index contributed by atoms with van der Waals surface area (Å²) < 4.78 is 12.6. The number of hydrogen-bond donors (Lipinski definition) is 0. The normalized spacial score (nSPS) is 20.4. The van der Waals surface area contributed by atoms with Crippen molar-refractivity contribution >= 4 is 34.9 Å². The minimum atomic E-state index is -0.562. The second-order valence-electron chi connectivity index (χ2n) is 11.3. The van der Waals surface area contributed by atoms with Crippen molar-refractivity contribution in [3.8, 4) is 6.07 Å². The first-order valence-electron chi connectivity index (χ1n) is 13.4. The molecular formula is C27H37N7O5. The molecular weight excluding hydrogens is 502 g/mol. The van der Waals surface area contributed by atoms with Crippen LogP contribution in [0.25, 0.3) is 11.0 Å². The van der Waals surface area contributed by atoms with Crippen molar-refractivity contribution < 1.29 is 23.9 Å². The number of likely N-dealkylation sites (tertiary alicyclic amines) is 2. The number of carbonyl (C=O) groups excluding carboxylic acids is 3. The van der Waals surface area contributed by atoms with Gasteiger partial charge in [0, 0.05) is 52.3 Å².